The maximum absolute atomic E-state index is 13.9. The number of rotatable bonds is 8. The number of aromatic nitrogens is 4. The Kier molecular flexibility index (Phi) is 5.50. The van der Waals surface area contributed by atoms with Crippen molar-refractivity contribution in [1.82, 2.24) is 20.2 Å². The zero-order valence-electron chi connectivity index (χ0n) is 14.5. The fourth-order valence-electron chi connectivity index (χ4n) is 2.59. The van der Waals surface area contributed by atoms with Crippen LogP contribution in [0.2, 0.25) is 0 Å². The second-order valence-electron chi connectivity index (χ2n) is 5.81. The Labute approximate surface area is 154 Å². The minimum absolute atomic E-state index is 0.278. The summed E-state index contributed by atoms with van der Waals surface area (Å²) in [5.74, 6) is 1.12. The van der Waals surface area contributed by atoms with Gasteiger partial charge in [0.25, 0.3) is 0 Å². The van der Waals surface area contributed by atoms with E-state index < -0.39 is 0 Å². The molecular formula is C18H17FN6O2. The molecular weight excluding hydrogens is 351 g/mol. The monoisotopic (exact) mass is 368 g/mol. The Morgan fingerprint density at radius 1 is 1.11 bits per heavy atom. The molecule has 3 N–H and O–H groups in total. The number of aldehydes is 1. The Balaban J connectivity index is 1.66. The highest BCUT2D eigenvalue weighted by molar-refractivity contribution is 5.74. The lowest BCUT2D eigenvalue weighted by molar-refractivity contribution is -0.105. The van der Waals surface area contributed by atoms with E-state index in [1.165, 1.54) is 18.2 Å². The first kappa shape index (κ1) is 18.2. The number of amides is 1. The average molecular weight is 368 g/mol. The molecule has 0 bridgehead atoms. The SMILES string of the molecule is Cc1nc(C=O)cc(Nc2cc(CCc3cc(NC=O)ccc3F)[nH]n2)n1. The van der Waals surface area contributed by atoms with Crippen molar-refractivity contribution >= 4 is 30.0 Å². The molecule has 0 unspecified atom stereocenters. The average Bonchev–Trinajstić information content (AvgIpc) is 3.09. The summed E-state index contributed by atoms with van der Waals surface area (Å²) in [6, 6.07) is 7.73. The van der Waals surface area contributed by atoms with Gasteiger partial charge in [-0.25, -0.2) is 14.4 Å². The van der Waals surface area contributed by atoms with E-state index in [-0.39, 0.29) is 11.5 Å². The van der Waals surface area contributed by atoms with Crippen molar-refractivity contribution in [3.05, 3.63) is 58.9 Å². The van der Waals surface area contributed by atoms with Crippen LogP contribution < -0.4 is 10.6 Å². The Bertz CT molecular complexity index is 972. The molecule has 0 atom stereocenters. The lowest BCUT2D eigenvalue weighted by Gasteiger charge is -2.05. The standard InChI is InChI=1S/C18H17FN6O2/c1-11-21-15(9-26)8-17(22-11)23-18-7-14(24-25-18)3-2-12-6-13(20-10-27)4-5-16(12)19/h4-10H,2-3H2,1H3,(H,20,27)(H2,21,22,23,24,25). The minimum Gasteiger partial charge on any atom is -0.329 e. The van der Waals surface area contributed by atoms with Crippen molar-refractivity contribution in [3.63, 3.8) is 0 Å². The van der Waals surface area contributed by atoms with Gasteiger partial charge in [0.05, 0.1) is 0 Å². The summed E-state index contributed by atoms with van der Waals surface area (Å²) < 4.78 is 13.9. The molecule has 2 heterocycles. The third-order valence-electron chi connectivity index (χ3n) is 3.80. The topological polar surface area (TPSA) is 113 Å². The van der Waals surface area contributed by atoms with Crippen molar-refractivity contribution in [1.29, 1.82) is 0 Å². The Morgan fingerprint density at radius 2 is 1.96 bits per heavy atom. The number of hydrogen-bond acceptors (Lipinski definition) is 6. The smallest absolute Gasteiger partial charge is 0.211 e. The van der Waals surface area contributed by atoms with Crippen LogP contribution >= 0.6 is 0 Å². The predicted octanol–water partition coefficient (Wildman–Crippen LogP) is 2.56. The number of benzene rings is 1. The summed E-state index contributed by atoms with van der Waals surface area (Å²) in [6.07, 6.45) is 2.16. The number of hydrogen-bond donors (Lipinski definition) is 3. The predicted molar refractivity (Wildman–Crippen MR) is 97.5 cm³/mol. The fraction of sp³-hybridized carbons (Fsp3) is 0.167. The second kappa shape index (κ2) is 8.17. The summed E-state index contributed by atoms with van der Waals surface area (Å²) in [5.41, 5.74) is 2.11. The van der Waals surface area contributed by atoms with Crippen LogP contribution in [0, 0.1) is 12.7 Å². The van der Waals surface area contributed by atoms with E-state index in [1.807, 2.05) is 0 Å². The lowest BCUT2D eigenvalue weighted by atomic mass is 10.1. The van der Waals surface area contributed by atoms with Gasteiger partial charge in [-0.05, 0) is 43.5 Å². The van der Waals surface area contributed by atoms with Crippen molar-refractivity contribution in [2.45, 2.75) is 19.8 Å². The number of carbonyl (C=O) groups excluding carboxylic acids is 2. The molecule has 0 radical (unpaired) electrons. The van der Waals surface area contributed by atoms with Gasteiger partial charge in [0, 0.05) is 23.5 Å². The molecule has 0 saturated heterocycles. The zero-order valence-corrected chi connectivity index (χ0v) is 14.5. The molecule has 2 aromatic heterocycles. The van der Waals surface area contributed by atoms with E-state index in [4.69, 9.17) is 0 Å². The van der Waals surface area contributed by atoms with Gasteiger partial charge in [0.1, 0.15) is 23.2 Å². The highest BCUT2D eigenvalue weighted by Crippen LogP contribution is 2.18. The second-order valence-corrected chi connectivity index (χ2v) is 5.81. The van der Waals surface area contributed by atoms with E-state index >= 15 is 0 Å². The van der Waals surface area contributed by atoms with Crippen molar-refractivity contribution in [2.75, 3.05) is 10.6 Å². The Morgan fingerprint density at radius 3 is 2.74 bits per heavy atom. The van der Waals surface area contributed by atoms with E-state index in [1.54, 1.807) is 19.1 Å². The quantitative estimate of drug-likeness (QED) is 0.527. The van der Waals surface area contributed by atoms with Crippen LogP contribution in [0.15, 0.2) is 30.3 Å². The van der Waals surface area contributed by atoms with E-state index in [2.05, 4.69) is 30.8 Å². The first-order valence-corrected chi connectivity index (χ1v) is 8.18. The number of nitrogens with zero attached hydrogens (tertiary/aromatic N) is 3. The number of nitrogens with one attached hydrogen (secondary N) is 3. The number of H-pyrrole nitrogens is 1. The lowest BCUT2D eigenvalue weighted by Crippen LogP contribution is -2.00. The van der Waals surface area contributed by atoms with Crippen LogP contribution in [0.5, 0.6) is 0 Å². The number of anilines is 3. The van der Waals surface area contributed by atoms with Gasteiger partial charge in [-0.15, -0.1) is 0 Å². The molecule has 0 saturated carbocycles. The molecule has 138 valence electrons. The summed E-state index contributed by atoms with van der Waals surface area (Å²) >= 11 is 0. The molecule has 9 heteroatoms. The van der Waals surface area contributed by atoms with Gasteiger partial charge >= 0.3 is 0 Å². The molecule has 27 heavy (non-hydrogen) atoms. The van der Waals surface area contributed by atoms with Gasteiger partial charge in [0.15, 0.2) is 12.1 Å². The summed E-state index contributed by atoms with van der Waals surface area (Å²) in [7, 11) is 0. The summed E-state index contributed by atoms with van der Waals surface area (Å²) in [5, 5.41) is 12.5. The van der Waals surface area contributed by atoms with Gasteiger partial charge < -0.3 is 10.6 Å². The van der Waals surface area contributed by atoms with E-state index in [0.29, 0.717) is 54.2 Å². The van der Waals surface area contributed by atoms with Gasteiger partial charge in [-0.2, -0.15) is 5.10 Å². The van der Waals surface area contributed by atoms with Crippen LogP contribution in [-0.4, -0.2) is 32.9 Å². The molecule has 8 nitrogen and oxygen atoms in total. The van der Waals surface area contributed by atoms with E-state index in [9.17, 15) is 14.0 Å². The summed E-state index contributed by atoms with van der Waals surface area (Å²) in [6.45, 7) is 1.69. The van der Waals surface area contributed by atoms with Gasteiger partial charge in [0.2, 0.25) is 6.41 Å². The largest absolute Gasteiger partial charge is 0.329 e. The third kappa shape index (κ3) is 4.72. The highest BCUT2D eigenvalue weighted by atomic mass is 19.1. The van der Waals surface area contributed by atoms with Crippen LogP contribution in [-0.2, 0) is 17.6 Å². The molecule has 1 amide bonds. The maximum atomic E-state index is 13.9. The Hall–Kier alpha value is -3.62. The zero-order chi connectivity index (χ0) is 19.2. The minimum atomic E-state index is -0.331. The summed E-state index contributed by atoms with van der Waals surface area (Å²) in [4.78, 5) is 29.6. The van der Waals surface area contributed by atoms with Crippen molar-refractivity contribution in [2.24, 2.45) is 0 Å². The molecule has 0 aliphatic carbocycles. The van der Waals surface area contributed by atoms with E-state index in [0.717, 1.165) is 5.69 Å². The first-order valence-electron chi connectivity index (χ1n) is 8.18. The van der Waals surface area contributed by atoms with Crippen LogP contribution in [0.3, 0.4) is 0 Å². The van der Waals surface area contributed by atoms with Crippen LogP contribution in [0.4, 0.5) is 21.7 Å². The van der Waals surface area contributed by atoms with Gasteiger partial charge in [-0.1, -0.05) is 0 Å². The van der Waals surface area contributed by atoms with Crippen LogP contribution in [0.1, 0.15) is 27.6 Å². The molecule has 3 rings (SSSR count). The molecule has 0 fully saturated rings. The van der Waals surface area contributed by atoms with Crippen molar-refractivity contribution < 1.29 is 14.0 Å². The molecule has 0 aliphatic rings. The molecule has 0 spiro atoms. The number of carbonyl (C=O) groups is 2. The number of aryl methyl sites for hydroxylation is 3. The first-order chi connectivity index (χ1) is 13.1. The van der Waals surface area contributed by atoms with Crippen LogP contribution in [0.25, 0.3) is 0 Å². The number of aromatic amines is 1. The normalized spacial score (nSPS) is 10.4. The van der Waals surface area contributed by atoms with Gasteiger partial charge in [-0.3, -0.25) is 14.7 Å². The number of halogens is 1. The molecule has 3 aromatic rings. The maximum Gasteiger partial charge on any atom is 0.211 e. The van der Waals surface area contributed by atoms with Crippen molar-refractivity contribution in [3.8, 4) is 0 Å². The molecule has 0 aliphatic heterocycles. The third-order valence-corrected chi connectivity index (χ3v) is 3.80. The molecule has 1 aromatic carbocycles. The highest BCUT2D eigenvalue weighted by Gasteiger charge is 2.08. The fourth-order valence-corrected chi connectivity index (χ4v) is 2.59.